The van der Waals surface area contributed by atoms with Crippen LogP contribution in [0.4, 0.5) is 0 Å². The number of hydrogen-bond donors (Lipinski definition) is 0. The van der Waals surface area contributed by atoms with Gasteiger partial charge in [0.05, 0.1) is 44.8 Å². The monoisotopic (exact) mass is 766 g/mol. The summed E-state index contributed by atoms with van der Waals surface area (Å²) in [6, 6.07) is 68.2. The Morgan fingerprint density at radius 3 is 0.983 bits per heavy atom. The molecule has 0 spiro atoms. The van der Waals surface area contributed by atoms with Gasteiger partial charge in [-0.25, -0.2) is 19.9 Å². The summed E-state index contributed by atoms with van der Waals surface area (Å²) in [6.45, 7) is 4.34. The van der Waals surface area contributed by atoms with Gasteiger partial charge in [-0.3, -0.25) is 0 Å². The molecule has 4 heterocycles. The van der Waals surface area contributed by atoms with Gasteiger partial charge < -0.3 is 0 Å². The van der Waals surface area contributed by atoms with Crippen LogP contribution in [0, 0.1) is 13.8 Å². The fourth-order valence-corrected chi connectivity index (χ4v) is 8.64. The Balaban J connectivity index is 1.05. The van der Waals surface area contributed by atoms with Crippen molar-refractivity contribution in [3.8, 4) is 67.3 Å². The van der Waals surface area contributed by atoms with E-state index in [2.05, 4.69) is 196 Å². The van der Waals surface area contributed by atoms with Gasteiger partial charge in [-0.15, -0.1) is 0 Å². The summed E-state index contributed by atoms with van der Waals surface area (Å²) >= 11 is 0. The summed E-state index contributed by atoms with van der Waals surface area (Å²) in [7, 11) is 0. The molecule has 0 N–H and O–H groups in total. The zero-order chi connectivity index (χ0) is 40.2. The first-order chi connectivity index (χ1) is 29.6. The number of nitrogens with zero attached hydrogens (tertiary/aromatic N) is 4. The van der Waals surface area contributed by atoms with Crippen LogP contribution in [0.3, 0.4) is 0 Å². The van der Waals surface area contributed by atoms with Crippen LogP contribution in [-0.4, -0.2) is 19.9 Å². The van der Waals surface area contributed by atoms with Crippen LogP contribution >= 0.6 is 0 Å². The summed E-state index contributed by atoms with van der Waals surface area (Å²) in [6.07, 6.45) is 0. The topological polar surface area (TPSA) is 51.6 Å². The minimum absolute atomic E-state index is 0.890. The molecule has 0 aliphatic heterocycles. The molecule has 0 radical (unpaired) electrons. The number of rotatable bonds is 6. The van der Waals surface area contributed by atoms with Gasteiger partial charge in [0, 0.05) is 43.8 Å². The SMILES string of the molecule is Cc1cc(-c2ccc3ccc4c(-c5ccccc5)cc(-c5ccccc5)nc4c3n2)c(C)cc1-c1ccc2ccc3c(-c4ccccc4)cc(-c4ccccc4)nc3c2n1. The van der Waals surface area contributed by atoms with E-state index in [0.717, 1.165) is 122 Å². The van der Waals surface area contributed by atoms with E-state index in [1.54, 1.807) is 0 Å². The maximum Gasteiger partial charge on any atom is 0.0978 e. The van der Waals surface area contributed by atoms with E-state index in [4.69, 9.17) is 19.9 Å². The number of aryl methyl sites for hydroxylation is 2. The zero-order valence-corrected chi connectivity index (χ0v) is 33.3. The fraction of sp³-hybridized carbons (Fsp3) is 0.0357. The van der Waals surface area contributed by atoms with Crippen LogP contribution in [0.25, 0.3) is 111 Å². The van der Waals surface area contributed by atoms with E-state index < -0.39 is 0 Å². The smallest absolute Gasteiger partial charge is 0.0978 e. The van der Waals surface area contributed by atoms with Crippen LogP contribution in [0.15, 0.2) is 194 Å². The third kappa shape index (κ3) is 6.18. The van der Waals surface area contributed by atoms with Gasteiger partial charge in [0.25, 0.3) is 0 Å². The third-order valence-corrected chi connectivity index (χ3v) is 11.7. The van der Waals surface area contributed by atoms with Gasteiger partial charge in [-0.1, -0.05) is 158 Å². The van der Waals surface area contributed by atoms with Crippen molar-refractivity contribution in [2.24, 2.45) is 0 Å². The molecule has 4 aromatic heterocycles. The van der Waals surface area contributed by atoms with Gasteiger partial charge in [0.1, 0.15) is 0 Å². The number of hydrogen-bond acceptors (Lipinski definition) is 4. The van der Waals surface area contributed by atoms with Crippen LogP contribution in [-0.2, 0) is 0 Å². The van der Waals surface area contributed by atoms with E-state index >= 15 is 0 Å². The molecule has 0 fully saturated rings. The number of fused-ring (bicyclic) bond motifs is 6. The second-order valence-corrected chi connectivity index (χ2v) is 15.5. The summed E-state index contributed by atoms with van der Waals surface area (Å²) < 4.78 is 0. The van der Waals surface area contributed by atoms with Gasteiger partial charge in [0.15, 0.2) is 0 Å². The second kappa shape index (κ2) is 14.5. The highest BCUT2D eigenvalue weighted by atomic mass is 14.8. The van der Waals surface area contributed by atoms with Crippen molar-refractivity contribution in [2.75, 3.05) is 0 Å². The molecule has 11 rings (SSSR count). The maximum absolute atomic E-state index is 5.40. The van der Waals surface area contributed by atoms with Crippen LogP contribution in [0.2, 0.25) is 0 Å². The van der Waals surface area contributed by atoms with Crippen molar-refractivity contribution in [1.29, 1.82) is 0 Å². The van der Waals surface area contributed by atoms with E-state index in [1.165, 1.54) is 0 Å². The first-order valence-electron chi connectivity index (χ1n) is 20.4. The van der Waals surface area contributed by atoms with E-state index in [1.807, 2.05) is 12.1 Å². The Labute approximate surface area is 348 Å². The molecular formula is C56H38N4. The minimum atomic E-state index is 0.890. The van der Waals surface area contributed by atoms with E-state index in [-0.39, 0.29) is 0 Å². The van der Waals surface area contributed by atoms with Crippen LogP contribution in [0.5, 0.6) is 0 Å². The molecule has 282 valence electrons. The molecular weight excluding hydrogens is 729 g/mol. The first kappa shape index (κ1) is 35.4. The van der Waals surface area contributed by atoms with Gasteiger partial charge in [0.2, 0.25) is 0 Å². The van der Waals surface area contributed by atoms with Crippen LogP contribution < -0.4 is 0 Å². The molecule has 11 aromatic rings. The minimum Gasteiger partial charge on any atom is -0.245 e. The molecule has 0 aliphatic rings. The highest BCUT2D eigenvalue weighted by Gasteiger charge is 2.18. The van der Waals surface area contributed by atoms with Gasteiger partial charge in [-0.05, 0) is 83.6 Å². The van der Waals surface area contributed by atoms with E-state index in [0.29, 0.717) is 0 Å². The molecule has 4 heteroatoms. The highest BCUT2D eigenvalue weighted by Crippen LogP contribution is 2.39. The lowest BCUT2D eigenvalue weighted by atomic mass is 9.94. The zero-order valence-electron chi connectivity index (χ0n) is 33.3. The summed E-state index contributed by atoms with van der Waals surface area (Å²) in [5.41, 5.74) is 18.4. The summed E-state index contributed by atoms with van der Waals surface area (Å²) in [5.74, 6) is 0. The number of pyridine rings is 4. The van der Waals surface area contributed by atoms with E-state index in [9.17, 15) is 0 Å². The van der Waals surface area contributed by atoms with Crippen LogP contribution in [0.1, 0.15) is 11.1 Å². The number of aromatic nitrogens is 4. The van der Waals surface area contributed by atoms with Crippen molar-refractivity contribution in [3.05, 3.63) is 205 Å². The molecule has 0 saturated heterocycles. The lowest BCUT2D eigenvalue weighted by molar-refractivity contribution is 1.31. The van der Waals surface area contributed by atoms with Crippen molar-refractivity contribution in [3.63, 3.8) is 0 Å². The highest BCUT2D eigenvalue weighted by molar-refractivity contribution is 6.11. The molecule has 60 heavy (non-hydrogen) atoms. The van der Waals surface area contributed by atoms with Crippen molar-refractivity contribution in [2.45, 2.75) is 13.8 Å². The lowest BCUT2D eigenvalue weighted by Crippen LogP contribution is -1.96. The predicted molar refractivity (Wildman–Crippen MR) is 250 cm³/mol. The van der Waals surface area contributed by atoms with Crippen molar-refractivity contribution >= 4 is 43.6 Å². The molecule has 0 saturated carbocycles. The molecule has 0 amide bonds. The Bertz CT molecular complexity index is 3190. The largest absolute Gasteiger partial charge is 0.245 e. The van der Waals surface area contributed by atoms with Gasteiger partial charge in [-0.2, -0.15) is 0 Å². The summed E-state index contributed by atoms with van der Waals surface area (Å²) in [4.78, 5) is 21.4. The average molecular weight is 767 g/mol. The average Bonchev–Trinajstić information content (AvgIpc) is 3.32. The molecule has 0 atom stereocenters. The molecule has 0 aliphatic carbocycles. The quantitative estimate of drug-likeness (QED) is 0.158. The lowest BCUT2D eigenvalue weighted by Gasteiger charge is -2.15. The first-order valence-corrected chi connectivity index (χ1v) is 20.4. The standard InChI is InChI=1S/C56H38N4/c1-35-31-46(50-30-26-42-24-28-44-48(38-17-9-4-10-18-38)34-52(40-21-13-6-14-22-40)60-56(44)54(42)58-50)36(2)32-45(35)49-29-25-41-23-27-43-47(37-15-7-3-8-16-37)33-51(39-19-11-5-12-20-39)59-55(43)53(41)57-49/h3-34H,1-2H3. The molecule has 0 unspecified atom stereocenters. The van der Waals surface area contributed by atoms with Crippen molar-refractivity contribution in [1.82, 2.24) is 19.9 Å². The Kier molecular flexibility index (Phi) is 8.56. The van der Waals surface area contributed by atoms with Crippen molar-refractivity contribution < 1.29 is 0 Å². The molecule has 0 bridgehead atoms. The second-order valence-electron chi connectivity index (χ2n) is 15.5. The Morgan fingerprint density at radius 2 is 0.600 bits per heavy atom. The Hall–Kier alpha value is -7.82. The Morgan fingerprint density at radius 1 is 0.267 bits per heavy atom. The third-order valence-electron chi connectivity index (χ3n) is 11.7. The maximum atomic E-state index is 5.40. The molecule has 4 nitrogen and oxygen atoms in total. The summed E-state index contributed by atoms with van der Waals surface area (Å²) in [5, 5.41) is 4.27. The van der Waals surface area contributed by atoms with Gasteiger partial charge >= 0.3 is 0 Å². The number of benzene rings is 7. The fourth-order valence-electron chi connectivity index (χ4n) is 8.64. The predicted octanol–water partition coefficient (Wildman–Crippen LogP) is 14.5. The normalized spacial score (nSPS) is 11.5. The molecule has 7 aromatic carbocycles.